The fraction of sp³-hybridized carbons (Fsp3) is 0.0924. The van der Waals surface area contributed by atoms with Crippen molar-refractivity contribution in [1.82, 2.24) is 0 Å². The fourth-order valence-corrected chi connectivity index (χ4v) is 28.3. The van der Waals surface area contributed by atoms with Crippen molar-refractivity contribution in [2.24, 2.45) is 0 Å². The summed E-state index contributed by atoms with van der Waals surface area (Å²) in [4.78, 5) is 0. The number of halogens is 1. The van der Waals surface area contributed by atoms with Crippen molar-refractivity contribution in [1.29, 1.82) is 0 Å². The van der Waals surface area contributed by atoms with E-state index in [2.05, 4.69) is 347 Å². The van der Waals surface area contributed by atoms with Gasteiger partial charge in [-0.1, -0.05) is 450 Å². The second-order valence-electron chi connectivity index (χ2n) is 35.2. The normalized spacial score (nSPS) is 18.5. The molecule has 1 heterocycles. The van der Waals surface area contributed by atoms with E-state index in [-0.39, 0.29) is 15.8 Å². The molecule has 4 atom stereocenters. The molecule has 0 N–H and O–H groups in total. The summed E-state index contributed by atoms with van der Waals surface area (Å²) in [5.41, 5.74) is 32.2. The zero-order valence-electron chi connectivity index (χ0n) is 70.2. The van der Waals surface area contributed by atoms with Gasteiger partial charge in [0.2, 0.25) is 0 Å². The van der Waals surface area contributed by atoms with Crippen molar-refractivity contribution in [3.8, 4) is 55.6 Å². The summed E-state index contributed by atoms with van der Waals surface area (Å²) in [6.45, 7) is 8.51. The highest BCUT2D eigenvalue weighted by Crippen LogP contribution is 2.71. The molecular formula is C119H94B2BrO4P2-. The Kier molecular flexibility index (Phi) is 20.0. The standard InChI is InChI=1S/C56H37OP.C44H35BO2.C18H14BrOP.CH4.BH4/c57-58(41-19-6-2-7-20-41,42-21-8-3-9-22-42)43-34-31-38(32-35-43)39-33-36-46-44-23-10-13-27-49(44)56(53(46)37-39)51-29-15-14-28-50(51)55(40-17-4-1-5-18-40)48-26-12-11-24-45(48)47-25-16-30-52(56)54(47)55;1-41(2)42(3,4)47-45(46-41)29-25-26-32-30-17-8-11-21-35(30)44(39(32)27-29)37-23-13-12-22-36(37)43(28-15-6-5-7-16-28)34-20-10-9-18-31(34)33-19-14-24-38(44)40(33)43;19-15-11-13-18(14-12-15)21(20,16-7-3-1-4-8-16)17-9-5-2-6-10-17;;/h1-37H;5-27H,1-4H3;1-14H;2*1H4/q;;;;-1. The van der Waals surface area contributed by atoms with Gasteiger partial charge < -0.3 is 18.4 Å². The average molecular weight is 1750 g/mol. The summed E-state index contributed by atoms with van der Waals surface area (Å²) >= 11 is 3.43. The minimum Gasteiger partial charge on any atom is -0.399 e. The van der Waals surface area contributed by atoms with Crippen molar-refractivity contribution in [2.45, 2.75) is 68.0 Å². The zero-order chi connectivity index (χ0) is 84.9. The summed E-state index contributed by atoms with van der Waals surface area (Å²) < 4.78 is 43.4. The van der Waals surface area contributed by atoms with Crippen LogP contribution in [0.1, 0.15) is 124 Å². The van der Waals surface area contributed by atoms with Gasteiger partial charge in [-0.25, -0.2) is 0 Å². The Morgan fingerprint density at radius 3 is 0.867 bits per heavy atom. The van der Waals surface area contributed by atoms with Crippen LogP contribution in [0.3, 0.4) is 0 Å². The lowest BCUT2D eigenvalue weighted by Crippen LogP contribution is -2.44. The second kappa shape index (κ2) is 31.2. The molecule has 4 nitrogen and oxygen atoms in total. The van der Waals surface area contributed by atoms with Gasteiger partial charge in [-0.3, -0.25) is 0 Å². The molecule has 618 valence electrons. The lowest BCUT2D eigenvalue weighted by atomic mass is 9.52. The van der Waals surface area contributed by atoms with Gasteiger partial charge in [0.15, 0.2) is 14.3 Å². The summed E-state index contributed by atoms with van der Waals surface area (Å²) in [6.07, 6.45) is 0. The maximum absolute atomic E-state index is 15.3. The molecule has 1 fully saturated rings. The van der Waals surface area contributed by atoms with Crippen molar-refractivity contribution < 1.29 is 18.4 Å². The van der Waals surface area contributed by atoms with Crippen LogP contribution in [0.25, 0.3) is 55.6 Å². The molecule has 0 aromatic heterocycles. The van der Waals surface area contributed by atoms with E-state index >= 15 is 4.57 Å². The monoisotopic (exact) mass is 1750 g/mol. The lowest BCUT2D eigenvalue weighted by molar-refractivity contribution is 0.00578. The minimum absolute atomic E-state index is 0. The van der Waals surface area contributed by atoms with Gasteiger partial charge in [-0.15, -0.1) is 0 Å². The molecule has 0 bridgehead atoms. The van der Waals surface area contributed by atoms with Gasteiger partial charge >= 0.3 is 7.12 Å². The van der Waals surface area contributed by atoms with Gasteiger partial charge in [0.1, 0.15) is 0 Å². The largest absolute Gasteiger partial charge is 0.494 e. The number of rotatable bonds is 10. The Morgan fingerprint density at radius 2 is 0.492 bits per heavy atom. The summed E-state index contributed by atoms with van der Waals surface area (Å²) in [5, 5.41) is 5.08. The number of fused-ring (bicyclic) bond motifs is 24. The molecule has 2 spiro atoms. The highest BCUT2D eigenvalue weighted by molar-refractivity contribution is 9.10. The van der Waals surface area contributed by atoms with Crippen LogP contribution in [-0.2, 0) is 40.1 Å². The van der Waals surface area contributed by atoms with Crippen molar-refractivity contribution in [2.75, 3.05) is 0 Å². The quantitative estimate of drug-likeness (QED) is 0.101. The van der Waals surface area contributed by atoms with E-state index in [0.717, 1.165) is 52.9 Å². The van der Waals surface area contributed by atoms with Crippen LogP contribution in [0.2, 0.25) is 0 Å². The molecule has 7 aliphatic rings. The molecule has 6 aliphatic carbocycles. The maximum atomic E-state index is 15.3. The predicted octanol–water partition coefficient (Wildman–Crippen LogP) is 24.3. The van der Waals surface area contributed by atoms with E-state index in [9.17, 15) is 4.57 Å². The van der Waals surface area contributed by atoms with Crippen LogP contribution in [-0.4, -0.2) is 26.7 Å². The molecule has 18 aromatic carbocycles. The zero-order valence-corrected chi connectivity index (χ0v) is 73.6. The first kappa shape index (κ1) is 82.0. The van der Waals surface area contributed by atoms with E-state index in [1.54, 1.807) is 0 Å². The smallest absolute Gasteiger partial charge is 0.399 e. The molecule has 1 saturated heterocycles. The van der Waals surface area contributed by atoms with Gasteiger partial charge in [0.25, 0.3) is 0 Å². The number of hydrogen-bond acceptors (Lipinski definition) is 4. The molecule has 4 unspecified atom stereocenters. The maximum Gasteiger partial charge on any atom is 0.494 e. The number of benzene rings is 18. The second-order valence-corrected chi connectivity index (χ2v) is 41.7. The van der Waals surface area contributed by atoms with Crippen LogP contribution in [0.15, 0.2) is 453 Å². The van der Waals surface area contributed by atoms with Crippen LogP contribution in [0.4, 0.5) is 0 Å². The molecule has 0 amide bonds. The first-order chi connectivity index (χ1) is 61.7. The van der Waals surface area contributed by atoms with E-state index in [4.69, 9.17) is 9.31 Å². The Morgan fingerprint density at radius 1 is 0.234 bits per heavy atom. The Bertz CT molecular complexity index is 7390. The van der Waals surface area contributed by atoms with E-state index < -0.39 is 54.3 Å². The third-order valence-electron chi connectivity index (χ3n) is 28.7. The van der Waals surface area contributed by atoms with Crippen LogP contribution < -0.4 is 37.3 Å². The Balaban J connectivity index is 0.000000127. The number of hydrogen-bond donors (Lipinski definition) is 0. The van der Waals surface area contributed by atoms with Crippen molar-refractivity contribution in [3.05, 3.63) is 542 Å². The van der Waals surface area contributed by atoms with Gasteiger partial charge in [-0.2, -0.15) is 0 Å². The molecule has 18 aromatic rings. The first-order valence-electron chi connectivity index (χ1n) is 43.6. The molecule has 0 radical (unpaired) electrons. The van der Waals surface area contributed by atoms with Crippen LogP contribution >= 0.6 is 30.2 Å². The molecule has 0 saturated carbocycles. The topological polar surface area (TPSA) is 52.6 Å². The van der Waals surface area contributed by atoms with Gasteiger partial charge in [0, 0.05) is 36.3 Å². The van der Waals surface area contributed by atoms with E-state index in [1.807, 2.05) is 146 Å². The average Bonchev–Trinajstić information content (AvgIpc) is 1.48. The van der Waals surface area contributed by atoms with Crippen molar-refractivity contribution >= 4 is 83.0 Å². The summed E-state index contributed by atoms with van der Waals surface area (Å²) in [6, 6.07) is 161. The molecule has 25 rings (SSSR count). The molecule has 9 heteroatoms. The third-order valence-corrected chi connectivity index (χ3v) is 35.4. The Hall–Kier alpha value is -13.1. The molecular weight excluding hydrogens is 1660 g/mol. The van der Waals surface area contributed by atoms with Crippen LogP contribution in [0.5, 0.6) is 0 Å². The SMILES string of the molecule is C.CC1(C)OB(c2ccc3c(c2)C2(c4ccccc4-3)c3ccccc3C3(c4ccccc4)c4ccccc4-c4cccc2c43)OC1(C)C.O=P(c1ccccc1)(c1ccccc1)c1ccc(-c2ccc3c(c2)C2(c4ccccc4-3)c3ccccc3C3(c4ccccc4)c4ccccc4-c4cccc2c43)cc1.O=P(c1ccccc1)(c1ccccc1)c1ccc(Br)cc1.[BH4-]. The summed E-state index contributed by atoms with van der Waals surface area (Å²) in [7, 11) is -6.36. The predicted molar refractivity (Wildman–Crippen MR) is 541 cm³/mol. The summed E-state index contributed by atoms with van der Waals surface area (Å²) in [5.74, 6) is 0. The highest BCUT2D eigenvalue weighted by Gasteiger charge is 2.63. The van der Waals surface area contributed by atoms with Crippen molar-refractivity contribution in [3.63, 3.8) is 0 Å². The van der Waals surface area contributed by atoms with Crippen LogP contribution in [0, 0.1) is 0 Å². The highest BCUT2D eigenvalue weighted by atomic mass is 79.9. The molecule has 128 heavy (non-hydrogen) atoms. The molecule has 1 aliphatic heterocycles. The van der Waals surface area contributed by atoms with Gasteiger partial charge in [-0.05, 0) is 208 Å². The minimum atomic E-state index is -3.10. The Labute approximate surface area is 761 Å². The lowest BCUT2D eigenvalue weighted by Gasteiger charge is -2.48. The van der Waals surface area contributed by atoms with E-state index in [1.165, 1.54) is 134 Å². The third kappa shape index (κ3) is 11.6. The van der Waals surface area contributed by atoms with Gasteiger partial charge in [0.05, 0.1) is 32.9 Å². The van der Waals surface area contributed by atoms with E-state index in [0.29, 0.717) is 0 Å². The first-order valence-corrected chi connectivity index (χ1v) is 47.8. The fourth-order valence-electron chi connectivity index (χ4n) is 22.8.